The Hall–Kier alpha value is -2.43. The summed E-state index contributed by atoms with van der Waals surface area (Å²) in [6, 6.07) is 9.76. The number of aryl methyl sites for hydroxylation is 2. The van der Waals surface area contributed by atoms with Crippen LogP contribution < -0.4 is 10.6 Å². The lowest BCUT2D eigenvalue weighted by Gasteiger charge is -2.11. The van der Waals surface area contributed by atoms with E-state index in [4.69, 9.17) is 0 Å². The van der Waals surface area contributed by atoms with E-state index in [1.54, 1.807) is 13.0 Å². The summed E-state index contributed by atoms with van der Waals surface area (Å²) in [4.78, 5) is 20.6. The number of carbonyl (C=O) groups excluding carboxylic acids is 1. The monoisotopic (exact) mass is 298 g/mol. The van der Waals surface area contributed by atoms with E-state index >= 15 is 0 Å². The second kappa shape index (κ2) is 7.54. The minimum absolute atomic E-state index is 0.167. The maximum atomic E-state index is 12.1. The predicted molar refractivity (Wildman–Crippen MR) is 88.5 cm³/mol. The summed E-state index contributed by atoms with van der Waals surface area (Å²) < 4.78 is 0. The highest BCUT2D eigenvalue weighted by molar-refractivity contribution is 5.93. The number of carbonyl (C=O) groups is 1. The Morgan fingerprint density at radius 2 is 1.95 bits per heavy atom. The van der Waals surface area contributed by atoms with Crippen molar-refractivity contribution in [1.29, 1.82) is 0 Å². The van der Waals surface area contributed by atoms with Gasteiger partial charge in [-0.1, -0.05) is 32.0 Å². The minimum Gasteiger partial charge on any atom is -0.351 e. The first kappa shape index (κ1) is 15.9. The molecule has 1 aromatic carbocycles. The van der Waals surface area contributed by atoms with Crippen molar-refractivity contribution in [3.05, 3.63) is 47.4 Å². The summed E-state index contributed by atoms with van der Waals surface area (Å²) >= 11 is 0. The van der Waals surface area contributed by atoms with Crippen molar-refractivity contribution in [2.24, 2.45) is 0 Å². The van der Waals surface area contributed by atoms with Crippen molar-refractivity contribution < 1.29 is 4.79 Å². The lowest BCUT2D eigenvalue weighted by molar-refractivity contribution is 0.0948. The molecule has 0 fully saturated rings. The molecule has 0 saturated carbocycles. The molecule has 1 aromatic heterocycles. The number of hydrogen-bond donors (Lipinski definition) is 2. The molecule has 0 radical (unpaired) electrons. The van der Waals surface area contributed by atoms with E-state index in [0.29, 0.717) is 23.9 Å². The van der Waals surface area contributed by atoms with Gasteiger partial charge in [0.25, 0.3) is 5.91 Å². The van der Waals surface area contributed by atoms with Crippen LogP contribution in [0.4, 0.5) is 11.5 Å². The highest BCUT2D eigenvalue weighted by atomic mass is 16.1. The van der Waals surface area contributed by atoms with Crippen LogP contribution in [0.3, 0.4) is 0 Å². The Bertz CT molecular complexity index is 655. The quantitative estimate of drug-likeness (QED) is 0.859. The molecular formula is C17H22N4O. The van der Waals surface area contributed by atoms with Gasteiger partial charge in [-0.25, -0.2) is 9.97 Å². The molecule has 5 heteroatoms. The third-order valence-electron chi connectivity index (χ3n) is 3.27. The molecule has 0 aliphatic carbocycles. The van der Waals surface area contributed by atoms with Crippen LogP contribution in [0.15, 0.2) is 30.3 Å². The molecule has 116 valence electrons. The van der Waals surface area contributed by atoms with Gasteiger partial charge in [0.15, 0.2) is 0 Å². The van der Waals surface area contributed by atoms with Gasteiger partial charge < -0.3 is 10.6 Å². The van der Waals surface area contributed by atoms with Crippen LogP contribution in [0, 0.1) is 6.92 Å². The zero-order valence-electron chi connectivity index (χ0n) is 13.3. The molecule has 22 heavy (non-hydrogen) atoms. The summed E-state index contributed by atoms with van der Waals surface area (Å²) in [7, 11) is 0. The molecule has 0 aliphatic heterocycles. The van der Waals surface area contributed by atoms with Crippen LogP contribution in [-0.2, 0) is 6.42 Å². The van der Waals surface area contributed by atoms with Crippen LogP contribution in [0.5, 0.6) is 0 Å². The van der Waals surface area contributed by atoms with E-state index < -0.39 is 0 Å². The molecule has 0 unspecified atom stereocenters. The molecule has 0 atom stereocenters. The van der Waals surface area contributed by atoms with Gasteiger partial charge in [0.05, 0.1) is 0 Å². The van der Waals surface area contributed by atoms with Gasteiger partial charge in [-0.2, -0.15) is 0 Å². The molecular weight excluding hydrogens is 276 g/mol. The topological polar surface area (TPSA) is 66.9 Å². The fourth-order valence-corrected chi connectivity index (χ4v) is 2.17. The molecule has 5 nitrogen and oxygen atoms in total. The van der Waals surface area contributed by atoms with Crippen molar-refractivity contribution in [2.75, 3.05) is 11.9 Å². The second-order valence-electron chi connectivity index (χ2n) is 5.08. The highest BCUT2D eigenvalue weighted by Crippen LogP contribution is 2.20. The largest absolute Gasteiger partial charge is 0.351 e. The lowest BCUT2D eigenvalue weighted by atomic mass is 10.1. The van der Waals surface area contributed by atoms with Gasteiger partial charge in [0.2, 0.25) is 0 Å². The van der Waals surface area contributed by atoms with Crippen molar-refractivity contribution in [2.45, 2.75) is 33.6 Å². The summed E-state index contributed by atoms with van der Waals surface area (Å²) in [6.45, 7) is 6.55. The first-order chi connectivity index (χ1) is 10.6. The van der Waals surface area contributed by atoms with E-state index in [-0.39, 0.29) is 5.91 Å². The average molecular weight is 298 g/mol. The molecule has 0 saturated heterocycles. The average Bonchev–Trinajstić information content (AvgIpc) is 2.52. The number of aromatic nitrogens is 2. The minimum atomic E-state index is -0.167. The van der Waals surface area contributed by atoms with Gasteiger partial charge in [-0.15, -0.1) is 0 Å². The van der Waals surface area contributed by atoms with E-state index in [1.165, 1.54) is 5.56 Å². The molecule has 0 spiro atoms. The third kappa shape index (κ3) is 4.04. The number of nitrogens with one attached hydrogen (secondary N) is 2. The van der Waals surface area contributed by atoms with Crippen LogP contribution in [-0.4, -0.2) is 22.4 Å². The fourth-order valence-electron chi connectivity index (χ4n) is 2.17. The van der Waals surface area contributed by atoms with Crippen LogP contribution >= 0.6 is 0 Å². The van der Waals surface area contributed by atoms with Crippen molar-refractivity contribution in [1.82, 2.24) is 15.3 Å². The van der Waals surface area contributed by atoms with Crippen LogP contribution in [0.25, 0.3) is 0 Å². The number of benzene rings is 1. The number of anilines is 2. The summed E-state index contributed by atoms with van der Waals surface area (Å²) in [6.07, 6.45) is 1.82. The van der Waals surface area contributed by atoms with Gasteiger partial charge >= 0.3 is 0 Å². The van der Waals surface area contributed by atoms with E-state index in [1.807, 2.05) is 25.1 Å². The van der Waals surface area contributed by atoms with Gasteiger partial charge in [-0.05, 0) is 31.4 Å². The smallest absolute Gasteiger partial charge is 0.270 e. The number of para-hydroxylation sites is 1. The SMILES string of the molecule is CCCNC(=O)c1cc(Nc2ccccc2CC)nc(C)n1. The van der Waals surface area contributed by atoms with E-state index in [2.05, 4.69) is 33.6 Å². The van der Waals surface area contributed by atoms with Crippen LogP contribution in [0.2, 0.25) is 0 Å². The van der Waals surface area contributed by atoms with Gasteiger partial charge in [-0.3, -0.25) is 4.79 Å². The summed E-state index contributed by atoms with van der Waals surface area (Å²) in [5.74, 6) is 1.04. The summed E-state index contributed by atoms with van der Waals surface area (Å²) in [5.41, 5.74) is 2.59. The van der Waals surface area contributed by atoms with Crippen molar-refractivity contribution >= 4 is 17.4 Å². The first-order valence-electron chi connectivity index (χ1n) is 7.62. The summed E-state index contributed by atoms with van der Waals surface area (Å²) in [5, 5.41) is 6.12. The van der Waals surface area contributed by atoms with Gasteiger partial charge in [0.1, 0.15) is 17.3 Å². The molecule has 1 heterocycles. The Balaban J connectivity index is 2.24. The standard InChI is InChI=1S/C17H22N4O/c1-4-10-18-17(22)15-11-16(20-12(3)19-15)21-14-9-7-6-8-13(14)5-2/h6-9,11H,4-5,10H2,1-3H3,(H,18,22)(H,19,20,21). The Morgan fingerprint density at radius 1 is 1.18 bits per heavy atom. The molecule has 1 amide bonds. The molecule has 2 aromatic rings. The highest BCUT2D eigenvalue weighted by Gasteiger charge is 2.10. The van der Waals surface area contributed by atoms with Gasteiger partial charge in [0, 0.05) is 18.3 Å². The third-order valence-corrected chi connectivity index (χ3v) is 3.27. The second-order valence-corrected chi connectivity index (χ2v) is 5.08. The van der Waals surface area contributed by atoms with Crippen molar-refractivity contribution in [3.8, 4) is 0 Å². The molecule has 0 bridgehead atoms. The maximum Gasteiger partial charge on any atom is 0.270 e. The lowest BCUT2D eigenvalue weighted by Crippen LogP contribution is -2.25. The maximum absolute atomic E-state index is 12.1. The Morgan fingerprint density at radius 3 is 2.68 bits per heavy atom. The first-order valence-corrected chi connectivity index (χ1v) is 7.62. The van der Waals surface area contributed by atoms with Crippen LogP contribution in [0.1, 0.15) is 42.1 Å². The number of hydrogen-bond acceptors (Lipinski definition) is 4. The zero-order valence-corrected chi connectivity index (χ0v) is 13.3. The molecule has 2 N–H and O–H groups in total. The zero-order chi connectivity index (χ0) is 15.9. The molecule has 2 rings (SSSR count). The normalized spacial score (nSPS) is 10.3. The van der Waals surface area contributed by atoms with E-state index in [9.17, 15) is 4.79 Å². The number of amides is 1. The number of nitrogens with zero attached hydrogens (tertiary/aromatic N) is 2. The molecule has 0 aliphatic rings. The fraction of sp³-hybridized carbons (Fsp3) is 0.353. The Kier molecular flexibility index (Phi) is 5.47. The Labute approximate surface area is 131 Å². The predicted octanol–water partition coefficient (Wildman–Crippen LogP) is 3.23. The number of rotatable bonds is 6. The van der Waals surface area contributed by atoms with E-state index in [0.717, 1.165) is 18.5 Å². The van der Waals surface area contributed by atoms with Crippen molar-refractivity contribution in [3.63, 3.8) is 0 Å².